The number of carbonyl (C=O) groups is 2. The summed E-state index contributed by atoms with van der Waals surface area (Å²) in [6, 6.07) is 12.9. The number of carbonyl (C=O) groups excluding carboxylic acids is 2. The summed E-state index contributed by atoms with van der Waals surface area (Å²) < 4.78 is 0. The van der Waals surface area contributed by atoms with Crippen LogP contribution < -0.4 is 16.0 Å². The third-order valence-corrected chi connectivity index (χ3v) is 3.09. The van der Waals surface area contributed by atoms with Gasteiger partial charge in [0.15, 0.2) is 0 Å². The van der Waals surface area contributed by atoms with Gasteiger partial charge in [-0.1, -0.05) is 18.2 Å². The Labute approximate surface area is 129 Å². The summed E-state index contributed by atoms with van der Waals surface area (Å²) >= 11 is 0. The molecule has 2 aromatic rings. The van der Waals surface area contributed by atoms with Crippen molar-refractivity contribution in [3.63, 3.8) is 0 Å². The molecule has 5 heteroatoms. The van der Waals surface area contributed by atoms with Crippen LogP contribution in [0.2, 0.25) is 0 Å². The Hall–Kier alpha value is -2.82. The average Bonchev–Trinajstić information content (AvgIpc) is 2.45. The van der Waals surface area contributed by atoms with Crippen molar-refractivity contribution in [1.29, 1.82) is 0 Å². The Bertz CT molecular complexity index is 663. The molecule has 22 heavy (non-hydrogen) atoms. The Morgan fingerprint density at radius 3 is 2.45 bits per heavy atom. The number of amides is 3. The molecule has 3 amide bonds. The molecular formula is C17H19N3O2. The molecule has 0 spiro atoms. The number of rotatable bonds is 5. The molecule has 5 nitrogen and oxygen atoms in total. The number of hydrogen-bond acceptors (Lipinski definition) is 2. The normalized spacial score (nSPS) is 9.91. The summed E-state index contributed by atoms with van der Waals surface area (Å²) in [6.45, 7) is 4.36. The summed E-state index contributed by atoms with van der Waals surface area (Å²) in [4.78, 5) is 22.3. The highest BCUT2D eigenvalue weighted by molar-refractivity contribution is 5.89. The van der Waals surface area contributed by atoms with E-state index in [4.69, 9.17) is 0 Å². The summed E-state index contributed by atoms with van der Waals surface area (Å²) in [5.41, 5.74) is 4.57. The van der Waals surface area contributed by atoms with E-state index in [1.165, 1.54) is 0 Å². The highest BCUT2D eigenvalue weighted by Crippen LogP contribution is 2.14. The zero-order chi connectivity index (χ0) is 15.9. The molecule has 0 fully saturated rings. The fraction of sp³-hybridized carbons (Fsp3) is 0.176. The molecule has 0 radical (unpaired) electrons. The van der Waals surface area contributed by atoms with Crippen LogP contribution in [0.5, 0.6) is 0 Å². The number of nitrogens with one attached hydrogen (secondary N) is 3. The predicted molar refractivity (Wildman–Crippen MR) is 87.9 cm³/mol. The van der Waals surface area contributed by atoms with E-state index in [1.807, 2.05) is 44.2 Å². The van der Waals surface area contributed by atoms with Gasteiger partial charge < -0.3 is 16.0 Å². The van der Waals surface area contributed by atoms with Crippen molar-refractivity contribution in [1.82, 2.24) is 5.32 Å². The third-order valence-electron chi connectivity index (χ3n) is 3.09. The van der Waals surface area contributed by atoms with Gasteiger partial charge in [-0.15, -0.1) is 0 Å². The first-order valence-corrected chi connectivity index (χ1v) is 6.99. The number of anilines is 2. The van der Waals surface area contributed by atoms with Gasteiger partial charge in [-0.2, -0.15) is 0 Å². The van der Waals surface area contributed by atoms with Crippen LogP contribution in [-0.2, 0) is 11.3 Å². The Morgan fingerprint density at radius 1 is 1.05 bits per heavy atom. The van der Waals surface area contributed by atoms with E-state index in [1.54, 1.807) is 6.07 Å². The number of hydrogen-bond donors (Lipinski definition) is 3. The molecule has 0 saturated heterocycles. The van der Waals surface area contributed by atoms with E-state index < -0.39 is 0 Å². The first-order chi connectivity index (χ1) is 10.6. The van der Waals surface area contributed by atoms with E-state index in [-0.39, 0.29) is 6.03 Å². The molecule has 0 aromatic heterocycles. The zero-order valence-electron chi connectivity index (χ0n) is 12.6. The molecule has 0 bridgehead atoms. The second-order valence-electron chi connectivity index (χ2n) is 5.15. The zero-order valence-corrected chi connectivity index (χ0v) is 12.6. The number of urea groups is 1. The summed E-state index contributed by atoms with van der Waals surface area (Å²) in [7, 11) is 0. The second-order valence-corrected chi connectivity index (χ2v) is 5.15. The van der Waals surface area contributed by atoms with Crippen LogP contribution in [0, 0.1) is 13.8 Å². The highest BCUT2D eigenvalue weighted by Gasteiger charge is 2.03. The van der Waals surface area contributed by atoms with E-state index in [0.29, 0.717) is 18.6 Å². The standard InChI is InChI=1S/C17H19N3O2/c1-12-6-13(2)8-16(7-12)20-17(22)18-10-14-4-3-5-15(9-14)19-11-21/h3-9,11H,10H2,1-2H3,(H,19,21)(H2,18,20,22). The van der Waals surface area contributed by atoms with Crippen molar-refractivity contribution in [2.75, 3.05) is 10.6 Å². The van der Waals surface area contributed by atoms with Crippen molar-refractivity contribution < 1.29 is 9.59 Å². The van der Waals surface area contributed by atoms with Crippen LogP contribution in [0.15, 0.2) is 42.5 Å². The molecule has 0 aliphatic heterocycles. The second kappa shape index (κ2) is 7.26. The first kappa shape index (κ1) is 15.6. The van der Waals surface area contributed by atoms with Gasteiger partial charge in [0.25, 0.3) is 0 Å². The van der Waals surface area contributed by atoms with E-state index in [2.05, 4.69) is 22.0 Å². The number of aryl methyl sites for hydroxylation is 2. The molecule has 0 saturated carbocycles. The van der Waals surface area contributed by atoms with Crippen LogP contribution in [0.3, 0.4) is 0 Å². The smallest absolute Gasteiger partial charge is 0.319 e. The quantitative estimate of drug-likeness (QED) is 0.742. The van der Waals surface area contributed by atoms with Gasteiger partial charge in [-0.3, -0.25) is 4.79 Å². The number of benzene rings is 2. The van der Waals surface area contributed by atoms with E-state index in [9.17, 15) is 9.59 Å². The van der Waals surface area contributed by atoms with E-state index >= 15 is 0 Å². The molecule has 2 aromatic carbocycles. The van der Waals surface area contributed by atoms with Crippen molar-refractivity contribution in [2.45, 2.75) is 20.4 Å². The van der Waals surface area contributed by atoms with Gasteiger partial charge in [0.1, 0.15) is 0 Å². The van der Waals surface area contributed by atoms with Crippen LogP contribution >= 0.6 is 0 Å². The minimum Gasteiger partial charge on any atom is -0.334 e. The SMILES string of the molecule is Cc1cc(C)cc(NC(=O)NCc2cccc(NC=O)c2)c1. The van der Waals surface area contributed by atoms with Crippen molar-refractivity contribution >= 4 is 23.8 Å². The minimum atomic E-state index is -0.265. The molecule has 0 heterocycles. The lowest BCUT2D eigenvalue weighted by molar-refractivity contribution is -0.105. The largest absolute Gasteiger partial charge is 0.334 e. The van der Waals surface area contributed by atoms with Gasteiger partial charge in [-0.05, 0) is 54.8 Å². The highest BCUT2D eigenvalue weighted by atomic mass is 16.2. The Morgan fingerprint density at radius 2 is 1.77 bits per heavy atom. The maximum atomic E-state index is 11.9. The van der Waals surface area contributed by atoms with Crippen LogP contribution in [0.25, 0.3) is 0 Å². The maximum absolute atomic E-state index is 11.9. The first-order valence-electron chi connectivity index (χ1n) is 6.99. The van der Waals surface area contributed by atoms with Crippen LogP contribution in [0.4, 0.5) is 16.2 Å². The van der Waals surface area contributed by atoms with Crippen LogP contribution in [-0.4, -0.2) is 12.4 Å². The van der Waals surface area contributed by atoms with E-state index in [0.717, 1.165) is 22.4 Å². The predicted octanol–water partition coefficient (Wildman–Crippen LogP) is 3.19. The molecular weight excluding hydrogens is 278 g/mol. The van der Waals surface area contributed by atoms with Gasteiger partial charge in [0.05, 0.1) is 0 Å². The average molecular weight is 297 g/mol. The topological polar surface area (TPSA) is 70.2 Å². The molecule has 2 rings (SSSR count). The Balaban J connectivity index is 1.92. The van der Waals surface area contributed by atoms with Gasteiger partial charge in [-0.25, -0.2) is 4.79 Å². The lowest BCUT2D eigenvalue weighted by atomic mass is 10.1. The molecule has 0 aliphatic rings. The van der Waals surface area contributed by atoms with Gasteiger partial charge in [0.2, 0.25) is 6.41 Å². The lowest BCUT2D eigenvalue weighted by Gasteiger charge is -2.10. The fourth-order valence-electron chi connectivity index (χ4n) is 2.24. The molecule has 0 unspecified atom stereocenters. The molecule has 114 valence electrons. The summed E-state index contributed by atoms with van der Waals surface area (Å²) in [6.07, 6.45) is 0.624. The van der Waals surface area contributed by atoms with Crippen LogP contribution in [0.1, 0.15) is 16.7 Å². The van der Waals surface area contributed by atoms with Crippen molar-refractivity contribution in [3.05, 3.63) is 59.2 Å². The molecule has 3 N–H and O–H groups in total. The van der Waals surface area contributed by atoms with Gasteiger partial charge in [0, 0.05) is 17.9 Å². The van der Waals surface area contributed by atoms with Crippen molar-refractivity contribution in [3.8, 4) is 0 Å². The maximum Gasteiger partial charge on any atom is 0.319 e. The third kappa shape index (κ3) is 4.63. The Kier molecular flexibility index (Phi) is 5.14. The minimum absolute atomic E-state index is 0.265. The lowest BCUT2D eigenvalue weighted by Crippen LogP contribution is -2.28. The summed E-state index contributed by atoms with van der Waals surface area (Å²) in [5.74, 6) is 0. The van der Waals surface area contributed by atoms with Gasteiger partial charge >= 0.3 is 6.03 Å². The fourth-order valence-corrected chi connectivity index (χ4v) is 2.24. The monoisotopic (exact) mass is 297 g/mol. The molecule has 0 aliphatic carbocycles. The van der Waals surface area contributed by atoms with Crippen molar-refractivity contribution in [2.24, 2.45) is 0 Å². The summed E-state index contributed by atoms with van der Waals surface area (Å²) in [5, 5.41) is 8.18. The molecule has 0 atom stereocenters.